The highest BCUT2D eigenvalue weighted by Gasteiger charge is 2.42. The van der Waals surface area contributed by atoms with E-state index in [1.54, 1.807) is 0 Å². The SMILES string of the molecule is CCCC1CCCN(C(=O)C2(CCC)CCNC2)CC1. The van der Waals surface area contributed by atoms with Gasteiger partial charge in [-0.15, -0.1) is 0 Å². The lowest BCUT2D eigenvalue weighted by molar-refractivity contribution is -0.141. The molecular weight excluding hydrogens is 248 g/mol. The van der Waals surface area contributed by atoms with Crippen LogP contribution in [0.5, 0.6) is 0 Å². The molecule has 20 heavy (non-hydrogen) atoms. The van der Waals surface area contributed by atoms with Crippen molar-refractivity contribution in [3.63, 3.8) is 0 Å². The van der Waals surface area contributed by atoms with E-state index in [4.69, 9.17) is 0 Å². The number of rotatable bonds is 5. The summed E-state index contributed by atoms with van der Waals surface area (Å²) in [5.41, 5.74) is -0.0840. The highest BCUT2D eigenvalue weighted by molar-refractivity contribution is 5.83. The Balaban J connectivity index is 1.97. The number of hydrogen-bond donors (Lipinski definition) is 1. The zero-order chi connectivity index (χ0) is 14.4. The monoisotopic (exact) mass is 280 g/mol. The molecule has 0 aromatic carbocycles. The number of hydrogen-bond acceptors (Lipinski definition) is 2. The molecule has 3 heteroatoms. The minimum atomic E-state index is -0.0840. The molecule has 2 aliphatic heterocycles. The smallest absolute Gasteiger partial charge is 0.230 e. The number of nitrogens with zero attached hydrogens (tertiary/aromatic N) is 1. The van der Waals surface area contributed by atoms with E-state index < -0.39 is 0 Å². The van der Waals surface area contributed by atoms with E-state index in [0.29, 0.717) is 5.91 Å². The summed E-state index contributed by atoms with van der Waals surface area (Å²) in [4.78, 5) is 15.2. The second-order valence-electron chi connectivity index (χ2n) is 6.83. The maximum absolute atomic E-state index is 13.0. The van der Waals surface area contributed by atoms with Crippen LogP contribution in [0.4, 0.5) is 0 Å². The van der Waals surface area contributed by atoms with Gasteiger partial charge in [-0.2, -0.15) is 0 Å². The summed E-state index contributed by atoms with van der Waals surface area (Å²) in [6.45, 7) is 8.37. The Labute approximate surface area is 124 Å². The second kappa shape index (κ2) is 7.44. The summed E-state index contributed by atoms with van der Waals surface area (Å²) in [5.74, 6) is 1.29. The van der Waals surface area contributed by atoms with Crippen molar-refractivity contribution in [1.82, 2.24) is 10.2 Å². The van der Waals surface area contributed by atoms with Crippen molar-refractivity contribution in [3.05, 3.63) is 0 Å². The Morgan fingerprint density at radius 1 is 1.25 bits per heavy atom. The van der Waals surface area contributed by atoms with Crippen LogP contribution in [0.25, 0.3) is 0 Å². The van der Waals surface area contributed by atoms with Crippen LogP contribution in [0.2, 0.25) is 0 Å². The predicted molar refractivity (Wildman–Crippen MR) is 83.7 cm³/mol. The molecule has 2 atom stereocenters. The number of likely N-dealkylation sites (tertiary alicyclic amines) is 1. The highest BCUT2D eigenvalue weighted by atomic mass is 16.2. The van der Waals surface area contributed by atoms with Gasteiger partial charge in [0.15, 0.2) is 0 Å². The Morgan fingerprint density at radius 3 is 2.75 bits per heavy atom. The lowest BCUT2D eigenvalue weighted by Gasteiger charge is -2.33. The molecule has 0 aromatic heterocycles. The quantitative estimate of drug-likeness (QED) is 0.839. The van der Waals surface area contributed by atoms with Crippen molar-refractivity contribution in [1.29, 1.82) is 0 Å². The first-order valence-electron chi connectivity index (χ1n) is 8.72. The van der Waals surface area contributed by atoms with Crippen LogP contribution in [-0.2, 0) is 4.79 Å². The van der Waals surface area contributed by atoms with Crippen LogP contribution < -0.4 is 5.32 Å². The zero-order valence-corrected chi connectivity index (χ0v) is 13.4. The third-order valence-corrected chi connectivity index (χ3v) is 5.26. The molecule has 2 rings (SSSR count). The van der Waals surface area contributed by atoms with Gasteiger partial charge < -0.3 is 10.2 Å². The van der Waals surface area contributed by atoms with Crippen molar-refractivity contribution < 1.29 is 4.79 Å². The summed E-state index contributed by atoms with van der Waals surface area (Å²) < 4.78 is 0. The Morgan fingerprint density at radius 2 is 2.10 bits per heavy atom. The van der Waals surface area contributed by atoms with E-state index in [1.807, 2.05) is 0 Å². The summed E-state index contributed by atoms with van der Waals surface area (Å²) in [6.07, 6.45) is 9.55. The first kappa shape index (κ1) is 15.8. The molecule has 1 N–H and O–H groups in total. The minimum absolute atomic E-state index is 0.0840. The molecule has 2 heterocycles. The van der Waals surface area contributed by atoms with Crippen LogP contribution in [0.1, 0.15) is 65.2 Å². The topological polar surface area (TPSA) is 32.3 Å². The number of carbonyl (C=O) groups excluding carboxylic acids is 1. The molecule has 1 amide bonds. The Kier molecular flexibility index (Phi) is 5.88. The summed E-state index contributed by atoms with van der Waals surface area (Å²) in [6, 6.07) is 0. The summed E-state index contributed by atoms with van der Waals surface area (Å²) in [5, 5.41) is 3.42. The molecule has 2 saturated heterocycles. The molecule has 2 unspecified atom stereocenters. The molecule has 3 nitrogen and oxygen atoms in total. The predicted octanol–water partition coefficient (Wildman–Crippen LogP) is 3.20. The van der Waals surface area contributed by atoms with Gasteiger partial charge in [-0.1, -0.05) is 33.1 Å². The molecule has 0 aromatic rings. The van der Waals surface area contributed by atoms with Gasteiger partial charge in [0.1, 0.15) is 0 Å². The number of amides is 1. The molecule has 0 saturated carbocycles. The molecule has 0 aliphatic carbocycles. The largest absolute Gasteiger partial charge is 0.342 e. The summed E-state index contributed by atoms with van der Waals surface area (Å²) >= 11 is 0. The Hall–Kier alpha value is -0.570. The molecule has 2 aliphatic rings. The van der Waals surface area contributed by atoms with E-state index in [1.165, 1.54) is 32.1 Å². The van der Waals surface area contributed by atoms with Crippen molar-refractivity contribution in [2.45, 2.75) is 65.2 Å². The molecule has 116 valence electrons. The van der Waals surface area contributed by atoms with Gasteiger partial charge in [0.05, 0.1) is 5.41 Å². The Bertz CT molecular complexity index is 310. The average Bonchev–Trinajstić information content (AvgIpc) is 2.79. The van der Waals surface area contributed by atoms with Gasteiger partial charge in [0.2, 0.25) is 5.91 Å². The van der Waals surface area contributed by atoms with Crippen LogP contribution >= 0.6 is 0 Å². The van der Waals surface area contributed by atoms with Gasteiger partial charge in [-0.3, -0.25) is 4.79 Å². The maximum Gasteiger partial charge on any atom is 0.230 e. The van der Waals surface area contributed by atoms with E-state index in [9.17, 15) is 4.79 Å². The van der Waals surface area contributed by atoms with Gasteiger partial charge in [-0.25, -0.2) is 0 Å². The molecule has 0 bridgehead atoms. The first-order valence-corrected chi connectivity index (χ1v) is 8.72. The first-order chi connectivity index (χ1) is 9.72. The third-order valence-electron chi connectivity index (χ3n) is 5.26. The third kappa shape index (κ3) is 3.55. The molecule has 2 fully saturated rings. The fourth-order valence-corrected chi connectivity index (χ4v) is 4.13. The van der Waals surface area contributed by atoms with Gasteiger partial charge in [0, 0.05) is 19.6 Å². The van der Waals surface area contributed by atoms with Crippen molar-refractivity contribution >= 4 is 5.91 Å². The summed E-state index contributed by atoms with van der Waals surface area (Å²) in [7, 11) is 0. The molecule has 0 radical (unpaired) electrons. The van der Waals surface area contributed by atoms with E-state index >= 15 is 0 Å². The fourth-order valence-electron chi connectivity index (χ4n) is 4.13. The molecule has 0 spiro atoms. The van der Waals surface area contributed by atoms with Gasteiger partial charge in [0.25, 0.3) is 0 Å². The average molecular weight is 280 g/mol. The second-order valence-corrected chi connectivity index (χ2v) is 6.83. The van der Waals surface area contributed by atoms with Crippen molar-refractivity contribution in [3.8, 4) is 0 Å². The lowest BCUT2D eigenvalue weighted by atomic mass is 9.81. The fraction of sp³-hybridized carbons (Fsp3) is 0.941. The van der Waals surface area contributed by atoms with Crippen LogP contribution in [0.15, 0.2) is 0 Å². The van der Waals surface area contributed by atoms with E-state index in [0.717, 1.165) is 51.4 Å². The van der Waals surface area contributed by atoms with Crippen molar-refractivity contribution in [2.75, 3.05) is 26.2 Å². The number of carbonyl (C=O) groups is 1. The van der Waals surface area contributed by atoms with Gasteiger partial charge >= 0.3 is 0 Å². The maximum atomic E-state index is 13.0. The van der Waals surface area contributed by atoms with E-state index in [2.05, 4.69) is 24.1 Å². The standard InChI is InChI=1S/C17H32N2O/c1-3-6-15-7-5-12-19(13-8-15)16(20)17(9-4-2)10-11-18-14-17/h15,18H,3-14H2,1-2H3. The van der Waals surface area contributed by atoms with Crippen LogP contribution in [-0.4, -0.2) is 37.0 Å². The van der Waals surface area contributed by atoms with E-state index in [-0.39, 0.29) is 5.41 Å². The van der Waals surface area contributed by atoms with Crippen LogP contribution in [0, 0.1) is 11.3 Å². The zero-order valence-electron chi connectivity index (χ0n) is 13.4. The minimum Gasteiger partial charge on any atom is -0.342 e. The number of nitrogens with one attached hydrogen (secondary N) is 1. The lowest BCUT2D eigenvalue weighted by Crippen LogP contribution is -2.45. The highest BCUT2D eigenvalue weighted by Crippen LogP contribution is 2.34. The normalized spacial score (nSPS) is 31.3. The van der Waals surface area contributed by atoms with Crippen molar-refractivity contribution in [2.24, 2.45) is 11.3 Å². The van der Waals surface area contributed by atoms with Gasteiger partial charge in [-0.05, 0) is 44.6 Å². The van der Waals surface area contributed by atoms with Crippen LogP contribution in [0.3, 0.4) is 0 Å². The molecular formula is C17H32N2O.